The van der Waals surface area contributed by atoms with Crippen LogP contribution in [0.15, 0.2) is 24.3 Å². The SMILES string of the molecule is NCC(=O)NCC(=O)NCCN1CCc2ccccc2C1. The maximum Gasteiger partial charge on any atom is 0.239 e. The molecule has 0 spiro atoms. The molecule has 0 radical (unpaired) electrons. The normalized spacial score (nSPS) is 14.3. The topological polar surface area (TPSA) is 87.5 Å². The molecule has 1 aromatic carbocycles. The fourth-order valence-electron chi connectivity index (χ4n) is 2.41. The molecule has 1 aliphatic rings. The van der Waals surface area contributed by atoms with Crippen LogP contribution < -0.4 is 16.4 Å². The molecule has 4 N–H and O–H groups in total. The number of benzene rings is 1. The summed E-state index contributed by atoms with van der Waals surface area (Å²) in [5, 5.41) is 5.24. The van der Waals surface area contributed by atoms with Gasteiger partial charge >= 0.3 is 0 Å². The molecule has 0 bridgehead atoms. The molecule has 114 valence electrons. The van der Waals surface area contributed by atoms with Gasteiger partial charge in [0.05, 0.1) is 13.1 Å². The van der Waals surface area contributed by atoms with Crippen LogP contribution in [0.25, 0.3) is 0 Å². The number of amides is 2. The minimum Gasteiger partial charge on any atom is -0.353 e. The fraction of sp³-hybridized carbons (Fsp3) is 0.467. The van der Waals surface area contributed by atoms with E-state index in [1.807, 2.05) is 0 Å². The van der Waals surface area contributed by atoms with E-state index in [1.54, 1.807) is 0 Å². The summed E-state index contributed by atoms with van der Waals surface area (Å²) >= 11 is 0. The largest absolute Gasteiger partial charge is 0.353 e. The van der Waals surface area contributed by atoms with Gasteiger partial charge in [0.2, 0.25) is 11.8 Å². The van der Waals surface area contributed by atoms with Crippen molar-refractivity contribution >= 4 is 11.8 Å². The number of nitrogens with zero attached hydrogens (tertiary/aromatic N) is 1. The van der Waals surface area contributed by atoms with Crippen LogP contribution in [-0.4, -0.2) is 49.4 Å². The van der Waals surface area contributed by atoms with Gasteiger partial charge in [0.15, 0.2) is 0 Å². The van der Waals surface area contributed by atoms with Crippen LogP contribution >= 0.6 is 0 Å². The number of nitrogens with one attached hydrogen (secondary N) is 2. The first-order chi connectivity index (χ1) is 10.2. The molecular formula is C15H22N4O2. The Morgan fingerprint density at radius 2 is 1.90 bits per heavy atom. The average molecular weight is 290 g/mol. The summed E-state index contributed by atoms with van der Waals surface area (Å²) < 4.78 is 0. The lowest BCUT2D eigenvalue weighted by atomic mass is 10.00. The molecule has 1 heterocycles. The maximum atomic E-state index is 11.5. The van der Waals surface area contributed by atoms with Crippen LogP contribution in [0.3, 0.4) is 0 Å². The van der Waals surface area contributed by atoms with Gasteiger partial charge in [0, 0.05) is 26.2 Å². The standard InChI is InChI=1S/C15H22N4O2/c16-9-14(20)18-10-15(21)17-6-8-19-7-5-12-3-1-2-4-13(12)11-19/h1-4H,5-11,16H2,(H,17,21)(H,18,20). The maximum absolute atomic E-state index is 11.5. The minimum atomic E-state index is -0.321. The highest BCUT2D eigenvalue weighted by Gasteiger charge is 2.15. The molecule has 2 rings (SSSR count). The van der Waals surface area contributed by atoms with E-state index >= 15 is 0 Å². The van der Waals surface area contributed by atoms with E-state index in [1.165, 1.54) is 11.1 Å². The summed E-state index contributed by atoms with van der Waals surface area (Å²) in [6, 6.07) is 8.46. The van der Waals surface area contributed by atoms with Gasteiger partial charge in [-0.3, -0.25) is 14.5 Å². The van der Waals surface area contributed by atoms with E-state index in [-0.39, 0.29) is 24.9 Å². The third-order valence-corrected chi connectivity index (χ3v) is 3.59. The molecule has 0 atom stereocenters. The van der Waals surface area contributed by atoms with Crippen molar-refractivity contribution < 1.29 is 9.59 Å². The molecule has 21 heavy (non-hydrogen) atoms. The van der Waals surface area contributed by atoms with E-state index in [2.05, 4.69) is 39.8 Å². The number of fused-ring (bicyclic) bond motifs is 1. The molecule has 0 saturated carbocycles. The van der Waals surface area contributed by atoms with Crippen LogP contribution in [0.4, 0.5) is 0 Å². The summed E-state index contributed by atoms with van der Waals surface area (Å²) in [5.41, 5.74) is 7.93. The Hall–Kier alpha value is -1.92. The second kappa shape index (κ2) is 7.75. The lowest BCUT2D eigenvalue weighted by molar-refractivity contribution is -0.125. The zero-order valence-corrected chi connectivity index (χ0v) is 12.1. The van der Waals surface area contributed by atoms with E-state index in [9.17, 15) is 9.59 Å². The van der Waals surface area contributed by atoms with Crippen molar-refractivity contribution in [1.29, 1.82) is 0 Å². The van der Waals surface area contributed by atoms with E-state index < -0.39 is 0 Å². The van der Waals surface area contributed by atoms with Crippen LogP contribution in [-0.2, 0) is 22.6 Å². The Labute approximate surface area is 124 Å². The molecule has 0 unspecified atom stereocenters. The molecule has 0 aromatic heterocycles. The van der Waals surface area contributed by atoms with Crippen molar-refractivity contribution in [3.05, 3.63) is 35.4 Å². The smallest absolute Gasteiger partial charge is 0.239 e. The zero-order chi connectivity index (χ0) is 15.1. The van der Waals surface area contributed by atoms with Gasteiger partial charge in [-0.05, 0) is 17.5 Å². The predicted molar refractivity (Wildman–Crippen MR) is 80.5 cm³/mol. The second-order valence-corrected chi connectivity index (χ2v) is 5.13. The highest BCUT2D eigenvalue weighted by Crippen LogP contribution is 2.17. The summed E-state index contributed by atoms with van der Waals surface area (Å²) in [6.45, 7) is 3.22. The summed E-state index contributed by atoms with van der Waals surface area (Å²) in [7, 11) is 0. The van der Waals surface area contributed by atoms with Crippen molar-refractivity contribution in [3.63, 3.8) is 0 Å². The van der Waals surface area contributed by atoms with Crippen LogP contribution in [0.1, 0.15) is 11.1 Å². The highest BCUT2D eigenvalue weighted by molar-refractivity contribution is 5.85. The average Bonchev–Trinajstić information content (AvgIpc) is 2.52. The van der Waals surface area contributed by atoms with Crippen LogP contribution in [0.2, 0.25) is 0 Å². The van der Waals surface area contributed by atoms with Crippen molar-refractivity contribution in [2.75, 3.05) is 32.7 Å². The molecule has 1 aromatic rings. The number of carbonyl (C=O) groups excluding carboxylic acids is 2. The minimum absolute atomic E-state index is 0.0150. The molecule has 0 saturated heterocycles. The van der Waals surface area contributed by atoms with Crippen molar-refractivity contribution in [2.45, 2.75) is 13.0 Å². The first kappa shape index (κ1) is 15.5. The quantitative estimate of drug-likeness (QED) is 0.642. The number of carbonyl (C=O) groups is 2. The molecular weight excluding hydrogens is 268 g/mol. The van der Waals surface area contributed by atoms with E-state index in [4.69, 9.17) is 5.73 Å². The first-order valence-electron chi connectivity index (χ1n) is 7.21. The van der Waals surface area contributed by atoms with Crippen LogP contribution in [0.5, 0.6) is 0 Å². The fourth-order valence-corrected chi connectivity index (χ4v) is 2.41. The highest BCUT2D eigenvalue weighted by atomic mass is 16.2. The molecule has 0 aliphatic carbocycles. The summed E-state index contributed by atoms with van der Waals surface area (Å²) in [6.07, 6.45) is 1.05. The van der Waals surface area contributed by atoms with Gasteiger partial charge in [0.25, 0.3) is 0 Å². The van der Waals surface area contributed by atoms with Gasteiger partial charge in [-0.25, -0.2) is 0 Å². The Balaban J connectivity index is 1.66. The third kappa shape index (κ3) is 4.84. The number of rotatable bonds is 6. The monoisotopic (exact) mass is 290 g/mol. The van der Waals surface area contributed by atoms with Gasteiger partial charge < -0.3 is 16.4 Å². The molecule has 0 fully saturated rings. The predicted octanol–water partition coefficient (Wildman–Crippen LogP) is -0.764. The van der Waals surface area contributed by atoms with Gasteiger partial charge in [0.1, 0.15) is 0 Å². The van der Waals surface area contributed by atoms with E-state index in [0.717, 1.165) is 26.1 Å². The third-order valence-electron chi connectivity index (χ3n) is 3.59. The van der Waals surface area contributed by atoms with Crippen molar-refractivity contribution in [3.8, 4) is 0 Å². The Morgan fingerprint density at radius 3 is 2.67 bits per heavy atom. The van der Waals surface area contributed by atoms with Gasteiger partial charge in [-0.2, -0.15) is 0 Å². The van der Waals surface area contributed by atoms with Crippen molar-refractivity contribution in [2.24, 2.45) is 5.73 Å². The number of hydrogen-bond acceptors (Lipinski definition) is 4. The lowest BCUT2D eigenvalue weighted by Crippen LogP contribution is -2.42. The first-order valence-corrected chi connectivity index (χ1v) is 7.21. The Morgan fingerprint density at radius 1 is 1.14 bits per heavy atom. The van der Waals surface area contributed by atoms with Gasteiger partial charge in [-0.15, -0.1) is 0 Å². The Bertz CT molecular complexity index is 504. The van der Waals surface area contributed by atoms with Crippen molar-refractivity contribution in [1.82, 2.24) is 15.5 Å². The lowest BCUT2D eigenvalue weighted by Gasteiger charge is -2.28. The molecule has 6 nitrogen and oxygen atoms in total. The molecule has 2 amide bonds. The number of hydrogen-bond donors (Lipinski definition) is 3. The summed E-state index contributed by atoms with van der Waals surface area (Å²) in [5.74, 6) is -0.507. The molecule has 1 aliphatic heterocycles. The summed E-state index contributed by atoms with van der Waals surface area (Å²) in [4.78, 5) is 24.8. The zero-order valence-electron chi connectivity index (χ0n) is 12.1. The molecule has 6 heteroatoms. The number of nitrogens with two attached hydrogens (primary N) is 1. The second-order valence-electron chi connectivity index (χ2n) is 5.13. The Kier molecular flexibility index (Phi) is 5.71. The van der Waals surface area contributed by atoms with E-state index in [0.29, 0.717) is 6.54 Å². The van der Waals surface area contributed by atoms with Gasteiger partial charge in [-0.1, -0.05) is 24.3 Å². The van der Waals surface area contributed by atoms with Crippen LogP contribution in [0, 0.1) is 0 Å².